The molecule has 0 saturated carbocycles. The van der Waals surface area contributed by atoms with Crippen LogP contribution in [0.3, 0.4) is 0 Å². The minimum atomic E-state index is -1.17. The zero-order valence-corrected chi connectivity index (χ0v) is 9.72. The second-order valence-corrected chi connectivity index (χ2v) is 3.86. The van der Waals surface area contributed by atoms with Crippen LogP contribution in [0, 0.1) is 6.92 Å². The summed E-state index contributed by atoms with van der Waals surface area (Å²) >= 11 is 3.27. The number of rotatable bonds is 2. The molecule has 16 heavy (non-hydrogen) atoms. The van der Waals surface area contributed by atoms with Gasteiger partial charge < -0.3 is 9.63 Å². The monoisotopic (exact) mass is 283 g/mol. The largest absolute Gasteiger partial charge is 0.475 e. The van der Waals surface area contributed by atoms with Crippen molar-refractivity contribution in [1.82, 2.24) is 15.1 Å². The molecule has 0 fully saturated rings. The van der Waals surface area contributed by atoms with Gasteiger partial charge in [0, 0.05) is 12.3 Å². The van der Waals surface area contributed by atoms with Crippen molar-refractivity contribution in [2.75, 3.05) is 0 Å². The highest BCUT2D eigenvalue weighted by atomic mass is 79.9. The standard InChI is InChI=1S/C9H6BrN3O3/c1-4-5(10)3-11-8(12-4)6-2-7(9(14)15)16-13-6/h2-3H,1H3,(H,14,15). The average Bonchev–Trinajstić information content (AvgIpc) is 2.71. The van der Waals surface area contributed by atoms with Gasteiger partial charge >= 0.3 is 5.97 Å². The lowest BCUT2D eigenvalue weighted by Crippen LogP contribution is -1.93. The SMILES string of the molecule is Cc1nc(-c2cc(C(=O)O)on2)ncc1Br. The maximum Gasteiger partial charge on any atom is 0.374 e. The van der Waals surface area contributed by atoms with E-state index in [-0.39, 0.29) is 5.76 Å². The maximum atomic E-state index is 10.6. The van der Waals surface area contributed by atoms with Gasteiger partial charge in [-0.25, -0.2) is 14.8 Å². The number of carboxylic acid groups (broad SMARTS) is 1. The molecule has 2 aromatic heterocycles. The molecule has 6 nitrogen and oxygen atoms in total. The van der Waals surface area contributed by atoms with Crippen LogP contribution in [0.25, 0.3) is 11.5 Å². The number of aromatic carboxylic acids is 1. The van der Waals surface area contributed by atoms with Crippen molar-refractivity contribution in [2.45, 2.75) is 6.92 Å². The Labute approximate surface area is 98.4 Å². The third-order valence-corrected chi connectivity index (χ3v) is 2.65. The molecule has 0 unspecified atom stereocenters. The molecule has 0 bridgehead atoms. The number of aromatic nitrogens is 3. The van der Waals surface area contributed by atoms with Crippen molar-refractivity contribution in [1.29, 1.82) is 0 Å². The molecule has 2 rings (SSSR count). The summed E-state index contributed by atoms with van der Waals surface area (Å²) in [4.78, 5) is 18.7. The van der Waals surface area contributed by atoms with Gasteiger partial charge in [-0.05, 0) is 22.9 Å². The molecular weight excluding hydrogens is 278 g/mol. The lowest BCUT2D eigenvalue weighted by molar-refractivity contribution is 0.0652. The van der Waals surface area contributed by atoms with Crippen molar-refractivity contribution in [3.05, 3.63) is 28.2 Å². The first-order valence-corrected chi connectivity index (χ1v) is 5.07. The lowest BCUT2D eigenvalue weighted by Gasteiger charge is -1.97. The highest BCUT2D eigenvalue weighted by Gasteiger charge is 2.14. The fourth-order valence-electron chi connectivity index (χ4n) is 1.06. The molecule has 0 aromatic carbocycles. The predicted octanol–water partition coefficient (Wildman–Crippen LogP) is 1.90. The molecule has 2 heterocycles. The third kappa shape index (κ3) is 1.94. The van der Waals surface area contributed by atoms with E-state index in [1.165, 1.54) is 6.07 Å². The molecule has 1 N–H and O–H groups in total. The number of carboxylic acids is 1. The van der Waals surface area contributed by atoms with Crippen LogP contribution in [0.15, 0.2) is 21.3 Å². The lowest BCUT2D eigenvalue weighted by atomic mass is 10.3. The van der Waals surface area contributed by atoms with Crippen molar-refractivity contribution in [2.24, 2.45) is 0 Å². The summed E-state index contributed by atoms with van der Waals surface area (Å²) < 4.78 is 5.39. The maximum absolute atomic E-state index is 10.6. The Morgan fingerprint density at radius 3 is 2.88 bits per heavy atom. The molecule has 7 heteroatoms. The van der Waals surface area contributed by atoms with Gasteiger partial charge in [-0.2, -0.15) is 0 Å². The molecule has 0 aliphatic rings. The number of hydrogen-bond acceptors (Lipinski definition) is 5. The van der Waals surface area contributed by atoms with Crippen LogP contribution in [0.5, 0.6) is 0 Å². The normalized spacial score (nSPS) is 10.4. The highest BCUT2D eigenvalue weighted by Crippen LogP contribution is 2.18. The van der Waals surface area contributed by atoms with Gasteiger partial charge in [-0.15, -0.1) is 0 Å². The van der Waals surface area contributed by atoms with Gasteiger partial charge in [0.2, 0.25) is 5.76 Å². The Kier molecular flexibility index (Phi) is 2.69. The zero-order chi connectivity index (χ0) is 11.7. The van der Waals surface area contributed by atoms with E-state index >= 15 is 0 Å². The van der Waals surface area contributed by atoms with Crippen LogP contribution in [0.2, 0.25) is 0 Å². The molecule has 0 radical (unpaired) electrons. The fraction of sp³-hybridized carbons (Fsp3) is 0.111. The van der Waals surface area contributed by atoms with E-state index in [9.17, 15) is 4.79 Å². The molecular formula is C9H6BrN3O3. The number of nitrogens with zero attached hydrogens (tertiary/aromatic N) is 3. The number of carbonyl (C=O) groups is 1. The van der Waals surface area contributed by atoms with Gasteiger partial charge in [-0.3, -0.25) is 0 Å². The zero-order valence-electron chi connectivity index (χ0n) is 8.14. The molecule has 0 atom stereocenters. The van der Waals surface area contributed by atoms with Gasteiger partial charge in [0.15, 0.2) is 11.5 Å². The first-order chi connectivity index (χ1) is 7.58. The van der Waals surface area contributed by atoms with Crippen molar-refractivity contribution in [3.8, 4) is 11.5 Å². The Bertz CT molecular complexity index is 553. The summed E-state index contributed by atoms with van der Waals surface area (Å²) in [6.45, 7) is 1.80. The van der Waals surface area contributed by atoms with E-state index in [1.54, 1.807) is 13.1 Å². The molecule has 2 aromatic rings. The van der Waals surface area contributed by atoms with E-state index < -0.39 is 5.97 Å². The molecule has 0 aliphatic heterocycles. The Morgan fingerprint density at radius 2 is 2.31 bits per heavy atom. The molecule has 0 aliphatic carbocycles. The van der Waals surface area contributed by atoms with Gasteiger partial charge in [-0.1, -0.05) is 5.16 Å². The van der Waals surface area contributed by atoms with Gasteiger partial charge in [0.1, 0.15) is 0 Å². The summed E-state index contributed by atoms with van der Waals surface area (Å²) in [6.07, 6.45) is 1.58. The van der Waals surface area contributed by atoms with Crippen LogP contribution < -0.4 is 0 Å². The second-order valence-electron chi connectivity index (χ2n) is 3.01. The summed E-state index contributed by atoms with van der Waals surface area (Å²) in [5.41, 5.74) is 1.04. The highest BCUT2D eigenvalue weighted by molar-refractivity contribution is 9.10. The van der Waals surface area contributed by atoms with Gasteiger partial charge in [0.25, 0.3) is 0 Å². The summed E-state index contributed by atoms with van der Waals surface area (Å²) in [5.74, 6) is -1.08. The van der Waals surface area contributed by atoms with Crippen LogP contribution in [0.4, 0.5) is 0 Å². The topological polar surface area (TPSA) is 89.1 Å². The van der Waals surface area contributed by atoms with Crippen molar-refractivity contribution < 1.29 is 14.4 Å². The smallest absolute Gasteiger partial charge is 0.374 e. The molecule has 0 saturated heterocycles. The summed E-state index contributed by atoms with van der Waals surface area (Å²) in [5, 5.41) is 12.2. The number of hydrogen-bond donors (Lipinski definition) is 1. The summed E-state index contributed by atoms with van der Waals surface area (Å²) in [6, 6.07) is 1.28. The van der Waals surface area contributed by atoms with Crippen molar-refractivity contribution in [3.63, 3.8) is 0 Å². The molecule has 82 valence electrons. The van der Waals surface area contributed by atoms with Crippen LogP contribution in [-0.2, 0) is 0 Å². The Hall–Kier alpha value is -1.76. The first kappa shape index (κ1) is 10.7. The van der Waals surface area contributed by atoms with E-state index in [4.69, 9.17) is 5.11 Å². The minimum absolute atomic E-state index is 0.237. The van der Waals surface area contributed by atoms with Crippen LogP contribution in [0.1, 0.15) is 16.2 Å². The Balaban J connectivity index is 2.42. The number of halogens is 1. The predicted molar refractivity (Wildman–Crippen MR) is 56.9 cm³/mol. The average molecular weight is 284 g/mol. The van der Waals surface area contributed by atoms with E-state index in [2.05, 4.69) is 35.6 Å². The van der Waals surface area contributed by atoms with Gasteiger partial charge in [0.05, 0.1) is 10.2 Å². The second kappa shape index (κ2) is 4.01. The number of aryl methyl sites for hydroxylation is 1. The van der Waals surface area contributed by atoms with Crippen molar-refractivity contribution >= 4 is 21.9 Å². The first-order valence-electron chi connectivity index (χ1n) is 4.27. The quantitative estimate of drug-likeness (QED) is 0.905. The van der Waals surface area contributed by atoms with E-state index in [0.717, 1.165) is 10.2 Å². The Morgan fingerprint density at radius 1 is 1.56 bits per heavy atom. The molecule has 0 spiro atoms. The van der Waals surface area contributed by atoms with Crippen LogP contribution >= 0.6 is 15.9 Å². The fourth-order valence-corrected chi connectivity index (χ4v) is 1.25. The third-order valence-electron chi connectivity index (χ3n) is 1.87. The van der Waals surface area contributed by atoms with Crippen LogP contribution in [-0.4, -0.2) is 26.2 Å². The van der Waals surface area contributed by atoms with E-state index in [0.29, 0.717) is 11.5 Å². The molecule has 0 amide bonds. The summed E-state index contributed by atoms with van der Waals surface area (Å²) in [7, 11) is 0. The minimum Gasteiger partial charge on any atom is -0.475 e. The van der Waals surface area contributed by atoms with E-state index in [1.807, 2.05) is 0 Å².